The van der Waals surface area contributed by atoms with Crippen molar-refractivity contribution in [3.63, 3.8) is 0 Å². The Kier molecular flexibility index (Phi) is 4.81. The van der Waals surface area contributed by atoms with Gasteiger partial charge >= 0.3 is 12.0 Å². The van der Waals surface area contributed by atoms with Crippen molar-refractivity contribution in [2.24, 2.45) is 0 Å². The molecule has 1 N–H and O–H groups in total. The van der Waals surface area contributed by atoms with E-state index >= 15 is 0 Å². The molecule has 1 heterocycles. The molecule has 1 aromatic rings. The molecular formula is C13H16ClF2NO3. The third-order valence-electron chi connectivity index (χ3n) is 3.10. The van der Waals surface area contributed by atoms with Gasteiger partial charge < -0.3 is 14.8 Å². The number of nitrogens with one attached hydrogen (secondary N) is 1. The van der Waals surface area contributed by atoms with Crippen LogP contribution in [0.1, 0.15) is 22.7 Å². The van der Waals surface area contributed by atoms with Gasteiger partial charge in [0, 0.05) is 0 Å². The van der Waals surface area contributed by atoms with Crippen LogP contribution < -0.4 is 10.1 Å². The molecule has 0 saturated carbocycles. The van der Waals surface area contributed by atoms with E-state index in [4.69, 9.17) is 4.74 Å². The van der Waals surface area contributed by atoms with E-state index in [2.05, 4.69) is 10.1 Å². The van der Waals surface area contributed by atoms with Crippen LogP contribution in [0.3, 0.4) is 0 Å². The summed E-state index contributed by atoms with van der Waals surface area (Å²) in [7, 11) is 1.53. The Hall–Kier alpha value is -1.56. The van der Waals surface area contributed by atoms with Crippen LogP contribution in [0, 0.1) is 13.8 Å². The second kappa shape index (κ2) is 5.83. The van der Waals surface area contributed by atoms with Crippen LogP contribution in [0.4, 0.5) is 13.6 Å². The number of carbonyl (C=O) groups is 1. The maximum absolute atomic E-state index is 13.8. The molecule has 0 aromatic heterocycles. The van der Waals surface area contributed by atoms with Gasteiger partial charge in [-0.2, -0.15) is 0 Å². The molecule has 1 saturated heterocycles. The predicted octanol–water partition coefficient (Wildman–Crippen LogP) is 3.15. The first-order valence-electron chi connectivity index (χ1n) is 5.81. The smallest absolute Gasteiger partial charge is 0.408 e. The number of alkyl halides is 2. The lowest BCUT2D eigenvalue weighted by molar-refractivity contribution is -0.104. The third kappa shape index (κ3) is 2.95. The summed E-state index contributed by atoms with van der Waals surface area (Å²) in [5.41, 5.74) is 1.83. The van der Waals surface area contributed by atoms with E-state index in [9.17, 15) is 13.6 Å². The minimum absolute atomic E-state index is 0. The number of amides is 1. The summed E-state index contributed by atoms with van der Waals surface area (Å²) >= 11 is 0. The molecule has 0 unspecified atom stereocenters. The lowest BCUT2D eigenvalue weighted by Gasteiger charge is -2.32. The maximum Gasteiger partial charge on any atom is 0.408 e. The van der Waals surface area contributed by atoms with Gasteiger partial charge in [-0.25, -0.2) is 13.6 Å². The van der Waals surface area contributed by atoms with E-state index in [0.717, 1.165) is 11.1 Å². The number of ether oxygens (including phenoxy) is 2. The van der Waals surface area contributed by atoms with Crippen molar-refractivity contribution in [1.29, 1.82) is 0 Å². The zero-order chi connectivity index (χ0) is 14.2. The van der Waals surface area contributed by atoms with Crippen LogP contribution in [-0.4, -0.2) is 25.7 Å². The molecule has 0 bridgehead atoms. The van der Waals surface area contributed by atoms with Crippen molar-refractivity contribution in [1.82, 2.24) is 5.32 Å². The fraction of sp³-hybridized carbons (Fsp3) is 0.462. The van der Waals surface area contributed by atoms with Crippen molar-refractivity contribution in [3.8, 4) is 5.75 Å². The van der Waals surface area contributed by atoms with Gasteiger partial charge in [-0.1, -0.05) is 12.1 Å². The fourth-order valence-corrected chi connectivity index (χ4v) is 2.31. The van der Waals surface area contributed by atoms with Crippen LogP contribution in [0.2, 0.25) is 0 Å². The quantitative estimate of drug-likeness (QED) is 0.913. The lowest BCUT2D eigenvalue weighted by atomic mass is 9.96. The average molecular weight is 308 g/mol. The average Bonchev–Trinajstić information content (AvgIpc) is 2.32. The minimum atomic E-state index is -3.14. The number of aryl methyl sites for hydroxylation is 2. The molecule has 1 fully saturated rings. The molecule has 20 heavy (non-hydrogen) atoms. The van der Waals surface area contributed by atoms with E-state index < -0.39 is 24.7 Å². The highest BCUT2D eigenvalue weighted by Crippen LogP contribution is 2.37. The van der Waals surface area contributed by atoms with Crippen LogP contribution in [0.25, 0.3) is 0 Å². The number of hydrogen-bond donors (Lipinski definition) is 1. The number of alkyl carbamates (subject to hydrolysis) is 1. The molecule has 1 atom stereocenters. The maximum atomic E-state index is 13.8. The van der Waals surface area contributed by atoms with E-state index in [1.54, 1.807) is 26.0 Å². The van der Waals surface area contributed by atoms with Gasteiger partial charge in [0.25, 0.3) is 0 Å². The molecule has 112 valence electrons. The van der Waals surface area contributed by atoms with Gasteiger partial charge in [0.1, 0.15) is 11.8 Å². The second-order valence-corrected chi connectivity index (χ2v) is 4.60. The number of hydrogen-bond acceptors (Lipinski definition) is 3. The van der Waals surface area contributed by atoms with E-state index in [-0.39, 0.29) is 12.4 Å². The first kappa shape index (κ1) is 16.5. The predicted molar refractivity (Wildman–Crippen MR) is 71.9 cm³/mol. The Morgan fingerprint density at radius 3 is 2.40 bits per heavy atom. The summed E-state index contributed by atoms with van der Waals surface area (Å²) < 4.78 is 37.1. The molecule has 4 nitrogen and oxygen atoms in total. The third-order valence-corrected chi connectivity index (χ3v) is 3.10. The number of halogens is 3. The molecule has 0 radical (unpaired) electrons. The van der Waals surface area contributed by atoms with Gasteiger partial charge in [0.2, 0.25) is 0 Å². The van der Waals surface area contributed by atoms with Gasteiger partial charge in [-0.3, -0.25) is 0 Å². The topological polar surface area (TPSA) is 47.6 Å². The number of cyclic esters (lactones) is 1. The highest BCUT2D eigenvalue weighted by molar-refractivity contribution is 5.85. The van der Waals surface area contributed by atoms with Gasteiger partial charge in [-0.05, 0) is 30.5 Å². The number of rotatable bonds is 2. The molecule has 1 amide bonds. The monoisotopic (exact) mass is 307 g/mol. The first-order chi connectivity index (χ1) is 8.85. The van der Waals surface area contributed by atoms with Crippen molar-refractivity contribution < 1.29 is 23.0 Å². The first-order valence-corrected chi connectivity index (χ1v) is 5.81. The molecular weight excluding hydrogens is 292 g/mol. The largest absolute Gasteiger partial charge is 0.496 e. The van der Waals surface area contributed by atoms with Crippen LogP contribution in [-0.2, 0) is 4.74 Å². The Morgan fingerprint density at radius 2 is 1.90 bits per heavy atom. The summed E-state index contributed by atoms with van der Waals surface area (Å²) in [5, 5.41) is 2.16. The highest BCUT2D eigenvalue weighted by Gasteiger charge is 2.46. The van der Waals surface area contributed by atoms with Gasteiger partial charge in [0.05, 0.1) is 7.11 Å². The zero-order valence-electron chi connectivity index (χ0n) is 11.3. The molecule has 2 rings (SSSR count). The van der Waals surface area contributed by atoms with Crippen LogP contribution in [0.15, 0.2) is 12.1 Å². The Labute approximate surface area is 121 Å². The van der Waals surface area contributed by atoms with E-state index in [1.165, 1.54) is 7.11 Å². The Morgan fingerprint density at radius 1 is 1.35 bits per heavy atom. The van der Waals surface area contributed by atoms with E-state index in [0.29, 0.717) is 11.3 Å². The molecule has 0 aliphatic carbocycles. The minimum Gasteiger partial charge on any atom is -0.496 e. The van der Waals surface area contributed by atoms with Crippen molar-refractivity contribution >= 4 is 18.5 Å². The van der Waals surface area contributed by atoms with Gasteiger partial charge in [-0.15, -0.1) is 12.4 Å². The van der Waals surface area contributed by atoms with Crippen molar-refractivity contribution in [2.75, 3.05) is 13.7 Å². The Balaban J connectivity index is 0.00000200. The molecule has 0 spiro atoms. The number of carbonyl (C=O) groups excluding carboxylic acids is 1. The SMILES string of the molecule is COc1c(C)cc([C@@H]2NC(=O)OCC2(F)F)cc1C.Cl. The van der Waals surface area contributed by atoms with Gasteiger partial charge in [0.15, 0.2) is 6.61 Å². The highest BCUT2D eigenvalue weighted by atomic mass is 35.5. The second-order valence-electron chi connectivity index (χ2n) is 4.60. The summed E-state index contributed by atoms with van der Waals surface area (Å²) in [6, 6.07) is 1.81. The molecule has 1 aliphatic heterocycles. The van der Waals surface area contributed by atoms with Crippen LogP contribution in [0.5, 0.6) is 5.75 Å². The zero-order valence-corrected chi connectivity index (χ0v) is 12.1. The van der Waals surface area contributed by atoms with Crippen molar-refractivity contribution in [3.05, 3.63) is 28.8 Å². The van der Waals surface area contributed by atoms with E-state index in [1.807, 2.05) is 0 Å². The van der Waals surface area contributed by atoms with Crippen LogP contribution >= 0.6 is 12.4 Å². The standard InChI is InChI=1S/C13H15F2NO3.ClH/c1-7-4-9(5-8(2)10(7)18-3)11-13(14,15)6-19-12(17)16-11;/h4-5,11H,6H2,1-3H3,(H,16,17);1H/t11-;/m0./s1. The number of methoxy groups -OCH3 is 1. The summed E-state index contributed by atoms with van der Waals surface area (Å²) in [5.74, 6) is -2.48. The summed E-state index contributed by atoms with van der Waals surface area (Å²) in [6.07, 6.45) is -0.831. The lowest BCUT2D eigenvalue weighted by Crippen LogP contribution is -2.49. The molecule has 1 aliphatic rings. The molecule has 7 heteroatoms. The Bertz CT molecular complexity index is 499. The summed E-state index contributed by atoms with van der Waals surface area (Å²) in [6.45, 7) is 2.64. The van der Waals surface area contributed by atoms with Crippen molar-refractivity contribution in [2.45, 2.75) is 25.8 Å². The number of benzene rings is 1. The molecule has 1 aromatic carbocycles. The normalized spacial score (nSPS) is 20.4. The fourth-order valence-electron chi connectivity index (χ4n) is 2.31. The summed E-state index contributed by atoms with van der Waals surface area (Å²) in [4.78, 5) is 11.1.